The Morgan fingerprint density at radius 1 is 1.26 bits per heavy atom. The number of carbonyl (C=O) groups excluding carboxylic acids is 1. The molecule has 138 valence electrons. The van der Waals surface area contributed by atoms with Crippen LogP contribution in [0.4, 0.5) is 5.69 Å². The third kappa shape index (κ3) is 4.19. The van der Waals surface area contributed by atoms with E-state index in [1.165, 1.54) is 18.4 Å². The normalized spacial score (nSPS) is 14.0. The van der Waals surface area contributed by atoms with Crippen LogP contribution in [0.3, 0.4) is 0 Å². The van der Waals surface area contributed by atoms with E-state index in [0.29, 0.717) is 12.2 Å². The van der Waals surface area contributed by atoms with Gasteiger partial charge in [-0.2, -0.15) is 0 Å². The van der Waals surface area contributed by atoms with Crippen molar-refractivity contribution in [1.29, 1.82) is 0 Å². The first-order chi connectivity index (χ1) is 13.2. The lowest BCUT2D eigenvalue weighted by atomic mass is 10.0. The number of nitrogens with zero attached hydrogens (tertiary/aromatic N) is 2. The molecular weight excluding hydrogens is 354 g/mol. The van der Waals surface area contributed by atoms with Crippen molar-refractivity contribution in [3.05, 3.63) is 76.0 Å². The number of hydrogen-bond acceptors (Lipinski definition) is 3. The summed E-state index contributed by atoms with van der Waals surface area (Å²) < 4.78 is 1.99. The summed E-state index contributed by atoms with van der Waals surface area (Å²) in [7, 11) is 0. The summed E-state index contributed by atoms with van der Waals surface area (Å²) in [5.41, 5.74) is 4.91. The van der Waals surface area contributed by atoms with Gasteiger partial charge in [0.15, 0.2) is 0 Å². The first-order valence-electron chi connectivity index (χ1n) is 9.36. The maximum absolute atomic E-state index is 12.7. The summed E-state index contributed by atoms with van der Waals surface area (Å²) in [6.45, 7) is 2.62. The van der Waals surface area contributed by atoms with Crippen molar-refractivity contribution in [2.24, 2.45) is 0 Å². The molecule has 0 fully saturated rings. The van der Waals surface area contributed by atoms with E-state index in [0.717, 1.165) is 34.8 Å². The number of amides is 1. The predicted octanol–water partition coefficient (Wildman–Crippen LogP) is 5.51. The van der Waals surface area contributed by atoms with Crippen LogP contribution in [0.5, 0.6) is 0 Å². The number of hydrogen-bond donors (Lipinski definition) is 1. The number of allylic oxidation sites excluding steroid dienone is 2. The number of thiazole rings is 1. The zero-order valence-electron chi connectivity index (χ0n) is 15.4. The van der Waals surface area contributed by atoms with Gasteiger partial charge >= 0.3 is 0 Å². The first kappa shape index (κ1) is 17.7. The number of anilines is 1. The first-order valence-corrected chi connectivity index (χ1v) is 10.2. The van der Waals surface area contributed by atoms with Crippen LogP contribution < -0.4 is 5.32 Å². The van der Waals surface area contributed by atoms with E-state index in [2.05, 4.69) is 16.8 Å². The van der Waals surface area contributed by atoms with E-state index >= 15 is 0 Å². The lowest BCUT2D eigenvalue weighted by Crippen LogP contribution is -2.17. The van der Waals surface area contributed by atoms with Gasteiger partial charge in [-0.25, -0.2) is 4.98 Å². The maximum atomic E-state index is 12.7. The summed E-state index contributed by atoms with van der Waals surface area (Å²) in [6.07, 6.45) is 9.15. The summed E-state index contributed by atoms with van der Waals surface area (Å²) in [4.78, 5) is 17.6. The predicted molar refractivity (Wildman–Crippen MR) is 111 cm³/mol. The summed E-state index contributed by atoms with van der Waals surface area (Å²) in [5.74, 6) is -0.0975. The molecule has 4 nitrogen and oxygen atoms in total. The average molecular weight is 378 g/mol. The van der Waals surface area contributed by atoms with E-state index < -0.39 is 0 Å². The van der Waals surface area contributed by atoms with Gasteiger partial charge in [-0.1, -0.05) is 24.3 Å². The molecule has 1 amide bonds. The second-order valence-corrected chi connectivity index (χ2v) is 7.83. The van der Waals surface area contributed by atoms with Crippen molar-refractivity contribution < 1.29 is 4.79 Å². The van der Waals surface area contributed by atoms with Gasteiger partial charge in [-0.15, -0.1) is 11.3 Å². The van der Waals surface area contributed by atoms with Crippen LogP contribution in [-0.4, -0.2) is 15.5 Å². The molecule has 1 aromatic carbocycles. The minimum absolute atomic E-state index is 0.0975. The van der Waals surface area contributed by atoms with Gasteiger partial charge in [-0.05, 0) is 61.9 Å². The van der Waals surface area contributed by atoms with Crippen LogP contribution in [0.1, 0.15) is 52.4 Å². The summed E-state index contributed by atoms with van der Waals surface area (Å²) >= 11 is 1.71. The van der Waals surface area contributed by atoms with Crippen LogP contribution in [0.2, 0.25) is 0 Å². The Kier molecular flexibility index (Phi) is 5.21. The van der Waals surface area contributed by atoms with Crippen molar-refractivity contribution in [3.63, 3.8) is 0 Å². The highest BCUT2D eigenvalue weighted by molar-refractivity contribution is 7.10. The zero-order chi connectivity index (χ0) is 18.6. The quantitative estimate of drug-likeness (QED) is 0.637. The summed E-state index contributed by atoms with van der Waals surface area (Å²) in [5, 5.41) is 6.21. The number of benzene rings is 1. The molecule has 0 saturated carbocycles. The standard InChI is InChI=1S/C22H23N3OS/c1-16-12-20(21(26)23-18-10-6-3-7-11-18)25(13-16)14-19-15-27-22(24-19)17-8-4-2-5-9-17/h3,6-8,10-13,15H,2,4-5,9,14H2,1H3,(H,23,26). The average Bonchev–Trinajstić information content (AvgIpc) is 3.30. The lowest BCUT2D eigenvalue weighted by molar-refractivity contribution is 0.101. The van der Waals surface area contributed by atoms with Crippen molar-refractivity contribution in [3.8, 4) is 0 Å². The molecule has 1 aliphatic rings. The SMILES string of the molecule is Cc1cc(C(=O)Nc2ccccc2)n(Cc2csc(C3=CCCCC3)n2)c1. The van der Waals surface area contributed by atoms with Gasteiger partial charge in [0.25, 0.3) is 5.91 Å². The van der Waals surface area contributed by atoms with E-state index in [1.54, 1.807) is 11.3 Å². The van der Waals surface area contributed by atoms with Gasteiger partial charge in [0.2, 0.25) is 0 Å². The van der Waals surface area contributed by atoms with Crippen molar-refractivity contribution >= 4 is 28.5 Å². The Morgan fingerprint density at radius 2 is 2.11 bits per heavy atom. The Balaban J connectivity index is 1.52. The van der Waals surface area contributed by atoms with Crippen molar-refractivity contribution in [2.45, 2.75) is 39.2 Å². The van der Waals surface area contributed by atoms with Gasteiger partial charge < -0.3 is 9.88 Å². The molecule has 1 N–H and O–H groups in total. The third-order valence-electron chi connectivity index (χ3n) is 4.75. The number of aromatic nitrogens is 2. The van der Waals surface area contributed by atoms with Crippen molar-refractivity contribution in [1.82, 2.24) is 9.55 Å². The highest BCUT2D eigenvalue weighted by atomic mass is 32.1. The van der Waals surface area contributed by atoms with Crippen LogP contribution in [-0.2, 0) is 6.54 Å². The smallest absolute Gasteiger partial charge is 0.272 e. The highest BCUT2D eigenvalue weighted by Crippen LogP contribution is 2.29. The van der Waals surface area contributed by atoms with E-state index in [9.17, 15) is 4.79 Å². The van der Waals surface area contributed by atoms with Gasteiger partial charge in [0, 0.05) is 17.3 Å². The molecule has 4 rings (SSSR count). The molecule has 2 aromatic heterocycles. The largest absolute Gasteiger partial charge is 0.337 e. The monoisotopic (exact) mass is 377 g/mol. The molecule has 0 aliphatic heterocycles. The molecule has 0 atom stereocenters. The highest BCUT2D eigenvalue weighted by Gasteiger charge is 2.15. The van der Waals surface area contributed by atoms with E-state index in [1.807, 2.05) is 54.1 Å². The molecule has 0 unspecified atom stereocenters. The van der Waals surface area contributed by atoms with Crippen LogP contribution in [0.25, 0.3) is 5.57 Å². The number of carbonyl (C=O) groups is 1. The fraction of sp³-hybridized carbons (Fsp3) is 0.273. The molecule has 0 radical (unpaired) electrons. The molecule has 2 heterocycles. The molecule has 5 heteroatoms. The van der Waals surface area contributed by atoms with Gasteiger partial charge in [-0.3, -0.25) is 4.79 Å². The zero-order valence-corrected chi connectivity index (χ0v) is 16.3. The molecular formula is C22H23N3OS. The molecule has 27 heavy (non-hydrogen) atoms. The lowest BCUT2D eigenvalue weighted by Gasteiger charge is -2.10. The van der Waals surface area contributed by atoms with Gasteiger partial charge in [0.05, 0.1) is 12.2 Å². The second-order valence-electron chi connectivity index (χ2n) is 6.97. The maximum Gasteiger partial charge on any atom is 0.272 e. The number of rotatable bonds is 5. The minimum atomic E-state index is -0.0975. The topological polar surface area (TPSA) is 46.9 Å². The minimum Gasteiger partial charge on any atom is -0.337 e. The fourth-order valence-corrected chi connectivity index (χ4v) is 4.31. The Labute approximate surface area is 163 Å². The number of nitrogens with one attached hydrogen (secondary N) is 1. The van der Waals surface area contributed by atoms with E-state index in [-0.39, 0.29) is 5.91 Å². The Bertz CT molecular complexity index is 969. The van der Waals surface area contributed by atoms with Crippen LogP contribution >= 0.6 is 11.3 Å². The van der Waals surface area contributed by atoms with Crippen LogP contribution in [0, 0.1) is 6.92 Å². The second kappa shape index (κ2) is 7.92. The van der Waals surface area contributed by atoms with Crippen molar-refractivity contribution in [2.75, 3.05) is 5.32 Å². The number of para-hydroxylation sites is 1. The third-order valence-corrected chi connectivity index (χ3v) is 5.71. The molecule has 0 bridgehead atoms. The number of aryl methyl sites for hydroxylation is 1. The molecule has 0 spiro atoms. The Morgan fingerprint density at radius 3 is 2.89 bits per heavy atom. The van der Waals surface area contributed by atoms with Crippen LogP contribution in [0.15, 0.2) is 54.1 Å². The van der Waals surface area contributed by atoms with E-state index in [4.69, 9.17) is 4.98 Å². The summed E-state index contributed by atoms with van der Waals surface area (Å²) in [6, 6.07) is 11.5. The molecule has 1 aliphatic carbocycles. The Hall–Kier alpha value is -2.66. The fourth-order valence-electron chi connectivity index (χ4n) is 3.43. The molecule has 3 aromatic rings. The molecule has 0 saturated heterocycles. The van der Waals surface area contributed by atoms with Gasteiger partial charge in [0.1, 0.15) is 10.7 Å².